The first-order valence-corrected chi connectivity index (χ1v) is 3.51. The number of methoxy groups -OCH3 is 1. The van der Waals surface area contributed by atoms with Crippen molar-refractivity contribution in [1.82, 2.24) is 9.97 Å². The van der Waals surface area contributed by atoms with E-state index < -0.39 is 17.2 Å². The second kappa shape index (κ2) is 3.70. The summed E-state index contributed by atoms with van der Waals surface area (Å²) in [7, 11) is 1.22. The van der Waals surface area contributed by atoms with Crippen LogP contribution in [0.25, 0.3) is 0 Å². The van der Waals surface area contributed by atoms with E-state index in [0.717, 1.165) is 0 Å². The molecule has 0 fully saturated rings. The first-order valence-electron chi connectivity index (χ1n) is 3.51. The van der Waals surface area contributed by atoms with Crippen LogP contribution in [0.5, 0.6) is 0 Å². The van der Waals surface area contributed by atoms with Crippen molar-refractivity contribution in [2.45, 2.75) is 6.42 Å². The summed E-state index contributed by atoms with van der Waals surface area (Å²) < 4.78 is 4.36. The fraction of sp³-hybridized carbons (Fsp3) is 0.286. The lowest BCUT2D eigenvalue weighted by molar-refractivity contribution is -0.139. The van der Waals surface area contributed by atoms with E-state index in [9.17, 15) is 14.4 Å². The second-order valence-corrected chi connectivity index (χ2v) is 2.35. The van der Waals surface area contributed by atoms with Crippen LogP contribution in [0.15, 0.2) is 15.8 Å². The minimum Gasteiger partial charge on any atom is -0.469 e. The van der Waals surface area contributed by atoms with E-state index in [1.807, 2.05) is 4.98 Å². The Labute approximate surface area is 72.6 Å². The summed E-state index contributed by atoms with van der Waals surface area (Å²) in [6.45, 7) is 0. The van der Waals surface area contributed by atoms with Gasteiger partial charge in [-0.15, -0.1) is 0 Å². The molecule has 2 N–H and O–H groups in total. The van der Waals surface area contributed by atoms with Crippen molar-refractivity contribution in [3.63, 3.8) is 0 Å². The SMILES string of the molecule is COC(=O)Cc1c[nH]c(=O)[nH]c1=O. The summed E-state index contributed by atoms with van der Waals surface area (Å²) in [4.78, 5) is 36.6. The van der Waals surface area contributed by atoms with Crippen LogP contribution in [0.2, 0.25) is 0 Å². The molecular weight excluding hydrogens is 176 g/mol. The largest absolute Gasteiger partial charge is 0.469 e. The van der Waals surface area contributed by atoms with Gasteiger partial charge < -0.3 is 9.72 Å². The standard InChI is InChI=1S/C7H8N2O4/c1-13-5(10)2-4-3-8-7(12)9-6(4)11/h3H,2H2,1H3,(H2,8,9,11,12). The summed E-state index contributed by atoms with van der Waals surface area (Å²) in [6, 6.07) is 0. The lowest BCUT2D eigenvalue weighted by atomic mass is 10.2. The van der Waals surface area contributed by atoms with Crippen molar-refractivity contribution >= 4 is 5.97 Å². The molecule has 0 aliphatic heterocycles. The Morgan fingerprint density at radius 2 is 2.23 bits per heavy atom. The molecule has 0 amide bonds. The number of hydrogen-bond donors (Lipinski definition) is 2. The predicted octanol–water partition coefficient (Wildman–Crippen LogP) is -1.22. The van der Waals surface area contributed by atoms with E-state index >= 15 is 0 Å². The third-order valence-corrected chi connectivity index (χ3v) is 1.46. The Hall–Kier alpha value is -1.85. The molecular formula is C7H8N2O4. The van der Waals surface area contributed by atoms with Crippen molar-refractivity contribution in [3.05, 3.63) is 32.6 Å². The van der Waals surface area contributed by atoms with Gasteiger partial charge in [0.2, 0.25) is 0 Å². The van der Waals surface area contributed by atoms with E-state index in [1.54, 1.807) is 0 Å². The molecule has 0 spiro atoms. The van der Waals surface area contributed by atoms with Gasteiger partial charge in [-0.1, -0.05) is 0 Å². The number of carbonyl (C=O) groups is 1. The van der Waals surface area contributed by atoms with Crippen molar-refractivity contribution in [2.75, 3.05) is 7.11 Å². The molecule has 0 aromatic carbocycles. The molecule has 1 aromatic heterocycles. The molecule has 1 rings (SSSR count). The highest BCUT2D eigenvalue weighted by atomic mass is 16.5. The first kappa shape index (κ1) is 9.24. The molecule has 1 aromatic rings. The predicted molar refractivity (Wildman–Crippen MR) is 43.4 cm³/mol. The number of nitrogens with one attached hydrogen (secondary N) is 2. The molecule has 0 radical (unpaired) electrons. The number of H-pyrrole nitrogens is 2. The van der Waals surface area contributed by atoms with E-state index in [0.29, 0.717) is 0 Å². The van der Waals surface area contributed by atoms with Crippen LogP contribution in [0.4, 0.5) is 0 Å². The minimum absolute atomic E-state index is 0.150. The van der Waals surface area contributed by atoms with Gasteiger partial charge in [-0.3, -0.25) is 14.6 Å². The van der Waals surface area contributed by atoms with Gasteiger partial charge in [0, 0.05) is 11.8 Å². The summed E-state index contributed by atoms with van der Waals surface area (Å²) in [5, 5.41) is 0. The van der Waals surface area contributed by atoms with Crippen molar-refractivity contribution in [2.24, 2.45) is 0 Å². The molecule has 6 nitrogen and oxygen atoms in total. The van der Waals surface area contributed by atoms with Crippen LogP contribution < -0.4 is 11.2 Å². The maximum atomic E-state index is 11.0. The van der Waals surface area contributed by atoms with Crippen LogP contribution in [0.3, 0.4) is 0 Å². The lowest BCUT2D eigenvalue weighted by Gasteiger charge is -1.96. The van der Waals surface area contributed by atoms with Crippen LogP contribution in [0.1, 0.15) is 5.56 Å². The van der Waals surface area contributed by atoms with Crippen molar-refractivity contribution in [3.8, 4) is 0 Å². The Balaban J connectivity index is 2.97. The number of aromatic amines is 2. The number of rotatable bonds is 2. The summed E-state index contributed by atoms with van der Waals surface area (Å²) in [6.07, 6.45) is 1.04. The summed E-state index contributed by atoms with van der Waals surface area (Å²) in [5.41, 5.74) is -1.00. The maximum Gasteiger partial charge on any atom is 0.325 e. The monoisotopic (exact) mass is 184 g/mol. The van der Waals surface area contributed by atoms with E-state index in [-0.39, 0.29) is 12.0 Å². The number of esters is 1. The fourth-order valence-corrected chi connectivity index (χ4v) is 0.797. The average molecular weight is 184 g/mol. The van der Waals surface area contributed by atoms with Gasteiger partial charge in [0.25, 0.3) is 5.56 Å². The molecule has 70 valence electrons. The third-order valence-electron chi connectivity index (χ3n) is 1.46. The van der Waals surface area contributed by atoms with Crippen LogP contribution in [-0.2, 0) is 16.0 Å². The minimum atomic E-state index is -0.599. The Morgan fingerprint density at radius 3 is 2.77 bits per heavy atom. The van der Waals surface area contributed by atoms with Gasteiger partial charge in [-0.05, 0) is 0 Å². The van der Waals surface area contributed by atoms with Gasteiger partial charge in [-0.25, -0.2) is 4.79 Å². The van der Waals surface area contributed by atoms with E-state index in [4.69, 9.17) is 0 Å². The molecule has 13 heavy (non-hydrogen) atoms. The molecule has 0 atom stereocenters. The maximum absolute atomic E-state index is 11.0. The zero-order chi connectivity index (χ0) is 9.84. The topological polar surface area (TPSA) is 92.0 Å². The molecule has 0 aliphatic rings. The van der Waals surface area contributed by atoms with Crippen LogP contribution >= 0.6 is 0 Å². The zero-order valence-electron chi connectivity index (χ0n) is 6.92. The smallest absolute Gasteiger partial charge is 0.325 e. The van der Waals surface area contributed by atoms with E-state index in [2.05, 4.69) is 9.72 Å². The van der Waals surface area contributed by atoms with E-state index in [1.165, 1.54) is 13.3 Å². The third kappa shape index (κ3) is 2.29. The van der Waals surface area contributed by atoms with Gasteiger partial charge in [0.15, 0.2) is 0 Å². The van der Waals surface area contributed by atoms with Crippen LogP contribution in [0, 0.1) is 0 Å². The summed E-state index contributed by atoms with van der Waals surface area (Å²) in [5.74, 6) is -0.530. The number of hydrogen-bond acceptors (Lipinski definition) is 4. The van der Waals surface area contributed by atoms with Gasteiger partial charge >= 0.3 is 11.7 Å². The quantitative estimate of drug-likeness (QED) is 0.563. The average Bonchev–Trinajstić information content (AvgIpc) is 2.09. The highest BCUT2D eigenvalue weighted by molar-refractivity contribution is 5.72. The molecule has 1 heterocycles. The first-order chi connectivity index (χ1) is 6.13. The molecule has 0 bridgehead atoms. The molecule has 0 unspecified atom stereocenters. The highest BCUT2D eigenvalue weighted by Crippen LogP contribution is 1.88. The van der Waals surface area contributed by atoms with Gasteiger partial charge in [0.05, 0.1) is 13.5 Å². The number of aromatic nitrogens is 2. The normalized spacial score (nSPS) is 9.62. The number of ether oxygens (including phenoxy) is 1. The highest BCUT2D eigenvalue weighted by Gasteiger charge is 2.06. The zero-order valence-corrected chi connectivity index (χ0v) is 6.92. The Morgan fingerprint density at radius 1 is 1.54 bits per heavy atom. The Bertz CT molecular complexity index is 417. The van der Waals surface area contributed by atoms with Crippen molar-refractivity contribution in [1.29, 1.82) is 0 Å². The van der Waals surface area contributed by atoms with Gasteiger partial charge in [-0.2, -0.15) is 0 Å². The molecule has 0 aliphatic carbocycles. The van der Waals surface area contributed by atoms with Crippen LogP contribution in [-0.4, -0.2) is 23.0 Å². The molecule has 0 saturated heterocycles. The molecule has 0 saturated carbocycles. The van der Waals surface area contributed by atoms with Crippen molar-refractivity contribution < 1.29 is 9.53 Å². The van der Waals surface area contributed by atoms with Gasteiger partial charge in [0.1, 0.15) is 0 Å². The fourth-order valence-electron chi connectivity index (χ4n) is 0.797. The molecule has 6 heteroatoms. The Kier molecular flexibility index (Phi) is 2.63. The second-order valence-electron chi connectivity index (χ2n) is 2.35. The summed E-state index contributed by atoms with van der Waals surface area (Å²) >= 11 is 0. The number of carbonyl (C=O) groups excluding carboxylic acids is 1. The lowest BCUT2D eigenvalue weighted by Crippen LogP contribution is -2.26.